The van der Waals surface area contributed by atoms with Gasteiger partial charge in [-0.1, -0.05) is 38.7 Å². The van der Waals surface area contributed by atoms with E-state index < -0.39 is 0 Å². The van der Waals surface area contributed by atoms with Crippen molar-refractivity contribution in [3.8, 4) is 23.0 Å². The maximum Gasteiger partial charge on any atom is 0.252 e. The van der Waals surface area contributed by atoms with Crippen molar-refractivity contribution in [2.45, 2.75) is 77.0 Å². The van der Waals surface area contributed by atoms with Crippen LogP contribution in [0.15, 0.2) is 41.2 Å². The van der Waals surface area contributed by atoms with E-state index in [4.69, 9.17) is 18.9 Å². The Morgan fingerprint density at radius 2 is 1.74 bits per heavy atom. The molecule has 42 heavy (non-hydrogen) atoms. The van der Waals surface area contributed by atoms with E-state index in [2.05, 4.69) is 43.1 Å². The first-order valence-corrected chi connectivity index (χ1v) is 15.0. The van der Waals surface area contributed by atoms with Gasteiger partial charge in [-0.05, 0) is 59.5 Å². The Morgan fingerprint density at radius 3 is 2.57 bits per heavy atom. The van der Waals surface area contributed by atoms with Crippen molar-refractivity contribution < 1.29 is 18.9 Å². The Hall–Kier alpha value is -4.12. The minimum Gasteiger partial charge on any atom is -0.486 e. The molecular formula is C31H36N6O5. The van der Waals surface area contributed by atoms with Gasteiger partial charge < -0.3 is 23.9 Å². The summed E-state index contributed by atoms with van der Waals surface area (Å²) >= 11 is 0. The Kier molecular flexibility index (Phi) is 7.41. The number of nitrogens with one attached hydrogen (secondary N) is 1. The van der Waals surface area contributed by atoms with E-state index in [1.54, 1.807) is 0 Å². The lowest BCUT2D eigenvalue weighted by Gasteiger charge is -2.32. The molecule has 0 amide bonds. The molecule has 0 bridgehead atoms. The summed E-state index contributed by atoms with van der Waals surface area (Å²) in [6.07, 6.45) is 7.59. The molecule has 3 aliphatic rings. The van der Waals surface area contributed by atoms with Crippen molar-refractivity contribution in [2.24, 2.45) is 0 Å². The van der Waals surface area contributed by atoms with E-state index in [0.717, 1.165) is 59.5 Å². The molecule has 0 unspecified atom stereocenters. The van der Waals surface area contributed by atoms with Crippen LogP contribution in [0.25, 0.3) is 10.9 Å². The third-order valence-corrected chi connectivity index (χ3v) is 8.52. The van der Waals surface area contributed by atoms with Crippen LogP contribution < -0.4 is 24.5 Å². The zero-order valence-electron chi connectivity index (χ0n) is 23.9. The van der Waals surface area contributed by atoms with Gasteiger partial charge in [0.2, 0.25) is 6.79 Å². The van der Waals surface area contributed by atoms with Gasteiger partial charge in [0, 0.05) is 30.1 Å². The number of aromatic amines is 1. The zero-order chi connectivity index (χ0) is 28.5. The van der Waals surface area contributed by atoms with Gasteiger partial charge in [0.05, 0.1) is 17.6 Å². The van der Waals surface area contributed by atoms with Crippen LogP contribution >= 0.6 is 0 Å². The van der Waals surface area contributed by atoms with Crippen LogP contribution in [0.4, 0.5) is 0 Å². The molecule has 2 aromatic carbocycles. The Bertz CT molecular complexity index is 1630. The molecule has 4 heterocycles. The first-order valence-electron chi connectivity index (χ1n) is 15.0. The highest BCUT2D eigenvalue weighted by atomic mass is 16.7. The van der Waals surface area contributed by atoms with E-state index in [9.17, 15) is 4.79 Å². The van der Waals surface area contributed by atoms with Crippen LogP contribution in [0.2, 0.25) is 0 Å². The van der Waals surface area contributed by atoms with Crippen molar-refractivity contribution in [3.63, 3.8) is 0 Å². The molecule has 1 N–H and O–H groups in total. The maximum absolute atomic E-state index is 13.5. The fourth-order valence-corrected chi connectivity index (χ4v) is 6.43. The normalized spacial score (nSPS) is 17.2. The lowest BCUT2D eigenvalue weighted by atomic mass is 9.95. The number of rotatable bonds is 9. The fraction of sp³-hybridized carbons (Fsp3) is 0.484. The zero-order valence-corrected chi connectivity index (χ0v) is 23.9. The van der Waals surface area contributed by atoms with Crippen molar-refractivity contribution in [1.29, 1.82) is 0 Å². The minimum absolute atomic E-state index is 0.0901. The predicted molar refractivity (Wildman–Crippen MR) is 155 cm³/mol. The van der Waals surface area contributed by atoms with Crippen molar-refractivity contribution in [2.75, 3.05) is 20.0 Å². The maximum atomic E-state index is 13.5. The Balaban J connectivity index is 1.27. The standard InChI is InChI=1S/C31H36N6O5/c1-2-6-25(30-33-34-35-37(30)23-7-4-3-5-8-23)36(17-20-9-10-26-27(13-20)42-19-41-26)18-22-14-21-15-28-29(40-12-11-39-28)16-24(21)32-31(22)38/h9-10,13-16,23,25H,2-8,11-12,17-19H2,1H3,(H,32,38)/t25-/m1/s1. The monoisotopic (exact) mass is 572 g/mol. The molecule has 2 aromatic heterocycles. The first kappa shape index (κ1) is 26.8. The summed E-state index contributed by atoms with van der Waals surface area (Å²) < 4.78 is 24.8. The number of ether oxygens (including phenoxy) is 4. The topological polar surface area (TPSA) is 117 Å². The van der Waals surface area contributed by atoms with Gasteiger partial charge in [0.1, 0.15) is 13.2 Å². The van der Waals surface area contributed by atoms with Gasteiger partial charge >= 0.3 is 0 Å². The van der Waals surface area contributed by atoms with Crippen molar-refractivity contribution >= 4 is 10.9 Å². The highest BCUT2D eigenvalue weighted by Crippen LogP contribution is 2.37. The average Bonchev–Trinajstić information content (AvgIpc) is 3.69. The summed E-state index contributed by atoms with van der Waals surface area (Å²) in [5, 5.41) is 14.1. The van der Waals surface area contributed by atoms with Gasteiger partial charge in [-0.3, -0.25) is 9.69 Å². The van der Waals surface area contributed by atoms with Crippen LogP contribution in [0.1, 0.15) is 80.9 Å². The predicted octanol–water partition coefficient (Wildman–Crippen LogP) is 5.06. The van der Waals surface area contributed by atoms with E-state index in [1.165, 1.54) is 19.3 Å². The quantitative estimate of drug-likeness (QED) is 0.294. The number of hydrogen-bond donors (Lipinski definition) is 1. The fourth-order valence-electron chi connectivity index (χ4n) is 6.43. The second-order valence-corrected chi connectivity index (χ2v) is 11.4. The van der Waals surface area contributed by atoms with Gasteiger partial charge in [-0.2, -0.15) is 0 Å². The summed E-state index contributed by atoms with van der Waals surface area (Å²) in [4.78, 5) is 18.9. The lowest BCUT2D eigenvalue weighted by Crippen LogP contribution is -2.33. The molecular weight excluding hydrogens is 536 g/mol. The smallest absolute Gasteiger partial charge is 0.252 e. The number of benzene rings is 2. The summed E-state index contributed by atoms with van der Waals surface area (Å²) in [5.41, 5.74) is 2.32. The molecule has 1 fully saturated rings. The number of nitrogens with zero attached hydrogens (tertiary/aromatic N) is 5. The SMILES string of the molecule is CCC[C@H](c1nnnn1C1CCCCC1)N(Cc1ccc2c(c1)OCO2)Cc1cc2cc3c(cc2[nH]c1=O)OCCO3. The lowest BCUT2D eigenvalue weighted by molar-refractivity contribution is 0.150. The van der Waals surface area contributed by atoms with Crippen LogP contribution in [0, 0.1) is 0 Å². The highest BCUT2D eigenvalue weighted by Gasteiger charge is 2.30. The molecule has 220 valence electrons. The molecule has 11 nitrogen and oxygen atoms in total. The first-order chi connectivity index (χ1) is 20.7. The molecule has 4 aromatic rings. The second-order valence-electron chi connectivity index (χ2n) is 11.4. The molecule has 1 aliphatic carbocycles. The van der Waals surface area contributed by atoms with E-state index >= 15 is 0 Å². The summed E-state index contributed by atoms with van der Waals surface area (Å²) in [7, 11) is 0. The average molecular weight is 573 g/mol. The minimum atomic E-state index is -0.128. The van der Waals surface area contributed by atoms with Crippen LogP contribution in [-0.4, -0.2) is 50.1 Å². The van der Waals surface area contributed by atoms with Gasteiger partial charge in [-0.25, -0.2) is 4.68 Å². The van der Waals surface area contributed by atoms with Crippen LogP contribution in [-0.2, 0) is 13.1 Å². The van der Waals surface area contributed by atoms with Gasteiger partial charge in [0.25, 0.3) is 5.56 Å². The second kappa shape index (κ2) is 11.6. The van der Waals surface area contributed by atoms with Crippen LogP contribution in [0.3, 0.4) is 0 Å². The van der Waals surface area contributed by atoms with E-state index in [0.29, 0.717) is 49.4 Å². The number of hydrogen-bond acceptors (Lipinski definition) is 9. The summed E-state index contributed by atoms with van der Waals surface area (Å²) in [5.74, 6) is 3.69. The summed E-state index contributed by atoms with van der Waals surface area (Å²) in [6, 6.07) is 12.0. The molecule has 1 atom stereocenters. The highest BCUT2D eigenvalue weighted by molar-refractivity contribution is 5.83. The number of H-pyrrole nitrogens is 1. The Morgan fingerprint density at radius 1 is 0.952 bits per heavy atom. The number of pyridine rings is 1. The molecule has 0 radical (unpaired) electrons. The van der Waals surface area contributed by atoms with Gasteiger partial charge in [-0.15, -0.1) is 5.10 Å². The molecule has 0 spiro atoms. The summed E-state index contributed by atoms with van der Waals surface area (Å²) in [6.45, 7) is 4.39. The van der Waals surface area contributed by atoms with Crippen molar-refractivity contribution in [3.05, 3.63) is 63.7 Å². The number of fused-ring (bicyclic) bond motifs is 3. The molecule has 7 rings (SSSR count). The van der Waals surface area contributed by atoms with E-state index in [1.807, 2.05) is 30.3 Å². The third-order valence-electron chi connectivity index (χ3n) is 8.52. The largest absolute Gasteiger partial charge is 0.486 e. The van der Waals surface area contributed by atoms with Crippen molar-refractivity contribution in [1.82, 2.24) is 30.1 Å². The number of tetrazole rings is 1. The molecule has 1 saturated carbocycles. The Labute approximate surface area is 243 Å². The number of aromatic nitrogens is 5. The third kappa shape index (κ3) is 5.29. The molecule has 2 aliphatic heterocycles. The molecule has 11 heteroatoms. The molecule has 0 saturated heterocycles. The van der Waals surface area contributed by atoms with E-state index in [-0.39, 0.29) is 18.4 Å². The van der Waals surface area contributed by atoms with Gasteiger partial charge in [0.15, 0.2) is 28.8 Å². The van der Waals surface area contributed by atoms with Crippen LogP contribution in [0.5, 0.6) is 23.0 Å².